The molecule has 0 aliphatic rings. The molecule has 1 aromatic heterocycles. The van der Waals surface area contributed by atoms with Crippen LogP contribution < -0.4 is 5.32 Å². The van der Waals surface area contributed by atoms with Gasteiger partial charge in [-0.05, 0) is 30.7 Å². The van der Waals surface area contributed by atoms with Crippen molar-refractivity contribution in [2.45, 2.75) is 19.5 Å². The second-order valence-corrected chi connectivity index (χ2v) is 5.34. The molecule has 5 heteroatoms. The van der Waals surface area contributed by atoms with E-state index in [1.165, 1.54) is 18.9 Å². The first-order valence-corrected chi connectivity index (χ1v) is 7.04. The van der Waals surface area contributed by atoms with Gasteiger partial charge in [-0.25, -0.2) is 4.79 Å². The maximum absolute atomic E-state index is 11.5. The van der Waals surface area contributed by atoms with E-state index in [-0.39, 0.29) is 11.8 Å². The Labute approximate surface area is 126 Å². The SMILES string of the molecule is COC(=O)c1occc1CNC(C)c1cccc(Br)c1. The first-order valence-electron chi connectivity index (χ1n) is 6.25. The monoisotopic (exact) mass is 337 g/mol. The highest BCUT2D eigenvalue weighted by molar-refractivity contribution is 9.10. The van der Waals surface area contributed by atoms with Crippen LogP contribution in [0.2, 0.25) is 0 Å². The summed E-state index contributed by atoms with van der Waals surface area (Å²) in [5.41, 5.74) is 1.96. The minimum Gasteiger partial charge on any atom is -0.463 e. The number of esters is 1. The Hall–Kier alpha value is -1.59. The van der Waals surface area contributed by atoms with Gasteiger partial charge in [-0.1, -0.05) is 28.1 Å². The van der Waals surface area contributed by atoms with Crippen LogP contribution in [-0.4, -0.2) is 13.1 Å². The molecular weight excluding hydrogens is 322 g/mol. The number of ether oxygens (including phenoxy) is 1. The van der Waals surface area contributed by atoms with Crippen molar-refractivity contribution >= 4 is 21.9 Å². The van der Waals surface area contributed by atoms with Gasteiger partial charge in [0, 0.05) is 22.6 Å². The highest BCUT2D eigenvalue weighted by Gasteiger charge is 2.16. The summed E-state index contributed by atoms with van der Waals surface area (Å²) < 4.78 is 10.9. The molecule has 1 unspecified atom stereocenters. The molecule has 1 atom stereocenters. The summed E-state index contributed by atoms with van der Waals surface area (Å²) in [6.45, 7) is 2.61. The van der Waals surface area contributed by atoms with Crippen molar-refractivity contribution in [3.63, 3.8) is 0 Å². The quantitative estimate of drug-likeness (QED) is 0.845. The van der Waals surface area contributed by atoms with Gasteiger partial charge in [0.25, 0.3) is 0 Å². The van der Waals surface area contributed by atoms with E-state index in [0.717, 1.165) is 10.0 Å². The summed E-state index contributed by atoms with van der Waals surface area (Å²) in [7, 11) is 1.34. The van der Waals surface area contributed by atoms with Gasteiger partial charge in [-0.3, -0.25) is 0 Å². The van der Waals surface area contributed by atoms with Crippen molar-refractivity contribution < 1.29 is 13.9 Å². The lowest BCUT2D eigenvalue weighted by molar-refractivity contribution is 0.0563. The van der Waals surface area contributed by atoms with Crippen LogP contribution in [0.25, 0.3) is 0 Å². The van der Waals surface area contributed by atoms with Crippen molar-refractivity contribution in [2.24, 2.45) is 0 Å². The van der Waals surface area contributed by atoms with Crippen LogP contribution in [0.4, 0.5) is 0 Å². The van der Waals surface area contributed by atoms with Crippen molar-refractivity contribution in [3.05, 3.63) is 58.0 Å². The first kappa shape index (κ1) is 14.8. The second kappa shape index (κ2) is 6.72. The molecule has 20 heavy (non-hydrogen) atoms. The number of carbonyl (C=O) groups excluding carboxylic acids is 1. The molecule has 0 saturated carbocycles. The highest BCUT2D eigenvalue weighted by atomic mass is 79.9. The minimum atomic E-state index is -0.457. The molecule has 106 valence electrons. The topological polar surface area (TPSA) is 51.5 Å². The Balaban J connectivity index is 2.02. The number of carbonyl (C=O) groups is 1. The van der Waals surface area contributed by atoms with Gasteiger partial charge in [-0.15, -0.1) is 0 Å². The number of benzene rings is 1. The molecule has 1 aromatic carbocycles. The lowest BCUT2D eigenvalue weighted by Crippen LogP contribution is -2.19. The third-order valence-corrected chi connectivity index (χ3v) is 3.56. The summed E-state index contributed by atoms with van der Waals surface area (Å²) in [6.07, 6.45) is 1.49. The largest absolute Gasteiger partial charge is 0.463 e. The van der Waals surface area contributed by atoms with Crippen LogP contribution in [0, 0.1) is 0 Å². The van der Waals surface area contributed by atoms with Crippen molar-refractivity contribution in [3.8, 4) is 0 Å². The van der Waals surface area contributed by atoms with Gasteiger partial charge >= 0.3 is 5.97 Å². The van der Waals surface area contributed by atoms with Gasteiger partial charge in [0.15, 0.2) is 0 Å². The number of methoxy groups -OCH3 is 1. The van der Waals surface area contributed by atoms with E-state index >= 15 is 0 Å². The number of hydrogen-bond donors (Lipinski definition) is 1. The molecule has 0 bridgehead atoms. The van der Waals surface area contributed by atoms with Crippen LogP contribution in [0.15, 0.2) is 45.5 Å². The minimum absolute atomic E-state index is 0.160. The number of halogens is 1. The van der Waals surface area contributed by atoms with E-state index in [4.69, 9.17) is 4.42 Å². The average molecular weight is 338 g/mol. The first-order chi connectivity index (χ1) is 9.61. The fourth-order valence-electron chi connectivity index (χ4n) is 1.90. The number of furan rings is 1. The van der Waals surface area contributed by atoms with Crippen molar-refractivity contribution in [1.82, 2.24) is 5.32 Å². The fourth-order valence-corrected chi connectivity index (χ4v) is 2.32. The Morgan fingerprint density at radius 2 is 2.25 bits per heavy atom. The van der Waals surface area contributed by atoms with E-state index < -0.39 is 5.97 Å². The molecule has 0 amide bonds. The Morgan fingerprint density at radius 1 is 1.45 bits per heavy atom. The predicted molar refractivity (Wildman–Crippen MR) is 79.4 cm³/mol. The Kier molecular flexibility index (Phi) is 4.98. The molecular formula is C15H16BrNO3. The summed E-state index contributed by atoms with van der Waals surface area (Å²) in [5.74, 6) is -0.205. The van der Waals surface area contributed by atoms with Crippen molar-refractivity contribution in [1.29, 1.82) is 0 Å². The zero-order valence-electron chi connectivity index (χ0n) is 11.4. The summed E-state index contributed by atoms with van der Waals surface area (Å²) >= 11 is 3.46. The standard InChI is InChI=1S/C15H16BrNO3/c1-10(11-4-3-5-13(16)8-11)17-9-12-6-7-20-14(12)15(18)19-2/h3-8,10,17H,9H2,1-2H3. The average Bonchev–Trinajstić information content (AvgIpc) is 2.92. The van der Waals surface area contributed by atoms with Gasteiger partial charge in [0.05, 0.1) is 13.4 Å². The number of hydrogen-bond acceptors (Lipinski definition) is 4. The van der Waals surface area contributed by atoms with Crippen LogP contribution in [-0.2, 0) is 11.3 Å². The van der Waals surface area contributed by atoms with Crippen LogP contribution in [0.5, 0.6) is 0 Å². The van der Waals surface area contributed by atoms with E-state index in [0.29, 0.717) is 6.54 Å². The summed E-state index contributed by atoms with van der Waals surface area (Å²) in [6, 6.07) is 10.0. The maximum Gasteiger partial charge on any atom is 0.374 e. The van der Waals surface area contributed by atoms with Crippen LogP contribution in [0.1, 0.15) is 34.6 Å². The lowest BCUT2D eigenvalue weighted by atomic mass is 10.1. The third-order valence-electron chi connectivity index (χ3n) is 3.06. The Bertz CT molecular complexity index is 594. The Morgan fingerprint density at radius 3 is 2.95 bits per heavy atom. The fraction of sp³-hybridized carbons (Fsp3) is 0.267. The molecule has 0 aliphatic heterocycles. The molecule has 1 heterocycles. The van der Waals surface area contributed by atoms with Gasteiger partial charge in [0.2, 0.25) is 5.76 Å². The molecule has 2 aromatic rings. The molecule has 2 rings (SSSR count). The molecule has 4 nitrogen and oxygen atoms in total. The highest BCUT2D eigenvalue weighted by Crippen LogP contribution is 2.19. The van der Waals surface area contributed by atoms with E-state index in [2.05, 4.69) is 45.0 Å². The van der Waals surface area contributed by atoms with Gasteiger partial charge < -0.3 is 14.5 Å². The smallest absolute Gasteiger partial charge is 0.374 e. The number of nitrogens with one attached hydrogen (secondary N) is 1. The van der Waals surface area contributed by atoms with Crippen LogP contribution >= 0.6 is 15.9 Å². The molecule has 1 N–H and O–H groups in total. The van der Waals surface area contributed by atoms with Crippen molar-refractivity contribution in [2.75, 3.05) is 7.11 Å². The van der Waals surface area contributed by atoms with E-state index in [1.807, 2.05) is 12.1 Å². The third kappa shape index (κ3) is 3.49. The molecule has 0 fully saturated rings. The summed E-state index contributed by atoms with van der Waals surface area (Å²) in [5, 5.41) is 3.36. The molecule has 0 radical (unpaired) electrons. The zero-order valence-corrected chi connectivity index (χ0v) is 12.9. The second-order valence-electron chi connectivity index (χ2n) is 4.42. The number of rotatable bonds is 5. The molecule has 0 spiro atoms. The molecule has 0 saturated heterocycles. The van der Waals surface area contributed by atoms with Crippen LogP contribution in [0.3, 0.4) is 0 Å². The van der Waals surface area contributed by atoms with Gasteiger partial charge in [0.1, 0.15) is 0 Å². The molecule has 0 aliphatic carbocycles. The van der Waals surface area contributed by atoms with Gasteiger partial charge in [-0.2, -0.15) is 0 Å². The van der Waals surface area contributed by atoms with E-state index in [1.54, 1.807) is 6.07 Å². The zero-order chi connectivity index (χ0) is 14.5. The maximum atomic E-state index is 11.5. The summed E-state index contributed by atoms with van der Waals surface area (Å²) in [4.78, 5) is 11.5. The lowest BCUT2D eigenvalue weighted by Gasteiger charge is -2.14. The van der Waals surface area contributed by atoms with E-state index in [9.17, 15) is 4.79 Å². The normalized spacial score (nSPS) is 12.2. The predicted octanol–water partition coefficient (Wildman–Crippen LogP) is 3.68.